The summed E-state index contributed by atoms with van der Waals surface area (Å²) in [6, 6.07) is 0.432. The quantitative estimate of drug-likeness (QED) is 0.731. The van der Waals surface area contributed by atoms with Gasteiger partial charge in [0.1, 0.15) is 5.60 Å². The van der Waals surface area contributed by atoms with Crippen LogP contribution in [-0.2, 0) is 19.2 Å². The van der Waals surface area contributed by atoms with Crippen LogP contribution >= 0.6 is 0 Å². The summed E-state index contributed by atoms with van der Waals surface area (Å²) in [6.07, 6.45) is -0.791. The molecule has 0 aliphatic carbocycles. The number of hydrogen-bond acceptors (Lipinski definition) is 7. The van der Waals surface area contributed by atoms with Gasteiger partial charge in [0.05, 0.1) is 26.0 Å². The van der Waals surface area contributed by atoms with E-state index in [2.05, 4.69) is 5.01 Å². The van der Waals surface area contributed by atoms with E-state index in [1.165, 1.54) is 0 Å². The Morgan fingerprint density at radius 3 is 2.00 bits per heavy atom. The minimum absolute atomic E-state index is 0.198. The van der Waals surface area contributed by atoms with Gasteiger partial charge in [0.25, 0.3) is 0 Å². The third-order valence-electron chi connectivity index (χ3n) is 4.54. The van der Waals surface area contributed by atoms with Crippen LogP contribution in [0.1, 0.15) is 33.6 Å². The third kappa shape index (κ3) is 4.43. The van der Waals surface area contributed by atoms with Crippen molar-refractivity contribution in [3.8, 4) is 0 Å². The highest BCUT2D eigenvalue weighted by molar-refractivity contribution is 5.75. The smallest absolute Gasteiger partial charge is 0.410 e. The molecule has 10 nitrogen and oxygen atoms in total. The van der Waals surface area contributed by atoms with Crippen molar-refractivity contribution in [2.24, 2.45) is 5.41 Å². The van der Waals surface area contributed by atoms with E-state index in [0.717, 1.165) is 26.2 Å². The van der Waals surface area contributed by atoms with E-state index in [-0.39, 0.29) is 24.3 Å². The van der Waals surface area contributed by atoms with E-state index in [0.29, 0.717) is 6.04 Å². The van der Waals surface area contributed by atoms with Gasteiger partial charge in [-0.1, -0.05) is 0 Å². The molecule has 1 amide bonds. The van der Waals surface area contributed by atoms with Crippen LogP contribution in [0.3, 0.4) is 0 Å². The largest absolute Gasteiger partial charge is 0.481 e. The van der Waals surface area contributed by atoms with Crippen LogP contribution in [0.25, 0.3) is 0 Å². The first-order valence-corrected chi connectivity index (χ1v) is 8.47. The van der Waals surface area contributed by atoms with Gasteiger partial charge < -0.3 is 19.8 Å². The zero-order valence-corrected chi connectivity index (χ0v) is 15.6. The van der Waals surface area contributed by atoms with E-state index in [1.807, 2.05) is 25.9 Å². The molecule has 4 saturated heterocycles. The summed E-state index contributed by atoms with van der Waals surface area (Å²) in [5.74, 6) is -2.15. The molecule has 0 aromatic rings. The van der Waals surface area contributed by atoms with Crippen LogP contribution in [0.4, 0.5) is 4.79 Å². The lowest BCUT2D eigenvalue weighted by Crippen LogP contribution is -2.67. The van der Waals surface area contributed by atoms with Crippen molar-refractivity contribution in [3.63, 3.8) is 0 Å². The molecular formula is C16H27N3O7. The molecule has 4 aliphatic heterocycles. The van der Waals surface area contributed by atoms with E-state index in [1.54, 1.807) is 12.0 Å². The lowest BCUT2D eigenvalue weighted by molar-refractivity contribution is -0.329. The lowest BCUT2D eigenvalue weighted by Gasteiger charge is -2.50. The zero-order chi connectivity index (χ0) is 19.7. The average Bonchev–Trinajstić information content (AvgIpc) is 2.97. The summed E-state index contributed by atoms with van der Waals surface area (Å²) in [6.45, 7) is 9.29. The maximum absolute atomic E-state index is 11.9. The number of nitrogens with zero attached hydrogens (tertiary/aromatic N) is 3. The molecule has 4 rings (SSSR count). The molecule has 0 radical (unpaired) electrons. The fourth-order valence-electron chi connectivity index (χ4n) is 3.42. The van der Waals surface area contributed by atoms with Crippen molar-refractivity contribution in [1.82, 2.24) is 15.1 Å². The van der Waals surface area contributed by atoms with Gasteiger partial charge in [-0.25, -0.2) is 9.80 Å². The third-order valence-corrected chi connectivity index (χ3v) is 4.54. The molecule has 26 heavy (non-hydrogen) atoms. The first-order chi connectivity index (χ1) is 12.0. The first kappa shape index (κ1) is 20.4. The molecule has 2 bridgehead atoms. The van der Waals surface area contributed by atoms with Gasteiger partial charge in [-0.2, -0.15) is 0 Å². The Morgan fingerprint density at radius 1 is 1.08 bits per heavy atom. The normalized spacial score (nSPS) is 25.6. The molecule has 2 atom stereocenters. The molecule has 0 saturated carbocycles. The fourth-order valence-corrected chi connectivity index (χ4v) is 3.42. The fraction of sp³-hybridized carbons (Fsp3) is 0.812. The molecule has 2 N–H and O–H groups in total. The van der Waals surface area contributed by atoms with E-state index in [9.17, 15) is 14.4 Å². The van der Waals surface area contributed by atoms with Crippen molar-refractivity contribution in [2.45, 2.75) is 45.3 Å². The van der Waals surface area contributed by atoms with Gasteiger partial charge in [-0.3, -0.25) is 14.4 Å². The van der Waals surface area contributed by atoms with Crippen LogP contribution in [0.15, 0.2) is 0 Å². The molecule has 1 spiro atoms. The minimum Gasteiger partial charge on any atom is -0.481 e. The maximum Gasteiger partial charge on any atom is 0.410 e. The highest BCUT2D eigenvalue weighted by Gasteiger charge is 2.66. The Hall–Kier alpha value is -1.91. The Balaban J connectivity index is 0.000000260. The van der Waals surface area contributed by atoms with Crippen molar-refractivity contribution < 1.29 is 34.2 Å². The Kier molecular flexibility index (Phi) is 5.79. The summed E-state index contributed by atoms with van der Waals surface area (Å²) in [5, 5.41) is 19.9. The van der Waals surface area contributed by atoms with Crippen LogP contribution < -0.4 is 0 Å². The number of carboxylic acid groups (broad SMARTS) is 2. The molecule has 4 fully saturated rings. The van der Waals surface area contributed by atoms with Crippen molar-refractivity contribution in [3.05, 3.63) is 0 Å². The van der Waals surface area contributed by atoms with Crippen LogP contribution in [-0.4, -0.2) is 88.3 Å². The second-order valence-corrected chi connectivity index (χ2v) is 7.83. The monoisotopic (exact) mass is 373 g/mol. The number of ether oxygens (including phenoxy) is 1. The van der Waals surface area contributed by atoms with Gasteiger partial charge in [-0.15, -0.1) is 5.17 Å². The number of amides is 1. The zero-order valence-electron chi connectivity index (χ0n) is 15.6. The van der Waals surface area contributed by atoms with E-state index in [4.69, 9.17) is 19.8 Å². The number of hydrogen-bond donors (Lipinski definition) is 2. The number of hydroxylamine groups is 1. The summed E-state index contributed by atoms with van der Waals surface area (Å²) in [4.78, 5) is 38.3. The predicted octanol–water partition coefficient (Wildman–Crippen LogP) is 0.636. The predicted molar refractivity (Wildman–Crippen MR) is 89.0 cm³/mol. The summed E-state index contributed by atoms with van der Waals surface area (Å²) in [7, 11) is 1.70. The molecule has 2 unspecified atom stereocenters. The number of likely N-dealkylation sites (tertiary alicyclic amines) is 1. The standard InChI is InChI=1S/C12H21N3O3.C4H6O4/c1-11(2,3)18-10(16)13-6-12(7-13)8-14-5-9(12)15(14)17-4;5-3(6)1-2-4(7)8/h9H,5-8H2,1-4H3;1-2H2,(H,5,6)(H,7,8). The number of hydrazine groups is 1. The molecule has 4 aliphatic rings. The first-order valence-electron chi connectivity index (χ1n) is 8.47. The van der Waals surface area contributed by atoms with Crippen LogP contribution in [0.5, 0.6) is 0 Å². The minimum atomic E-state index is -1.08. The number of carboxylic acids is 2. The Bertz CT molecular complexity index is 555. The van der Waals surface area contributed by atoms with Crippen LogP contribution in [0, 0.1) is 5.41 Å². The highest BCUT2D eigenvalue weighted by Crippen LogP contribution is 2.49. The molecule has 10 heteroatoms. The number of carbonyl (C=O) groups is 3. The maximum atomic E-state index is 11.9. The Morgan fingerprint density at radius 2 is 1.62 bits per heavy atom. The second-order valence-electron chi connectivity index (χ2n) is 7.83. The number of aliphatic carboxylic acids is 2. The summed E-state index contributed by atoms with van der Waals surface area (Å²) < 4.78 is 5.37. The van der Waals surface area contributed by atoms with Gasteiger partial charge in [-0.05, 0) is 20.8 Å². The van der Waals surface area contributed by atoms with Crippen molar-refractivity contribution in [2.75, 3.05) is 33.3 Å². The molecule has 0 aromatic carbocycles. The van der Waals surface area contributed by atoms with Gasteiger partial charge >= 0.3 is 18.0 Å². The highest BCUT2D eigenvalue weighted by atomic mass is 16.7. The van der Waals surface area contributed by atoms with Crippen molar-refractivity contribution in [1.29, 1.82) is 0 Å². The molecule has 0 aromatic heterocycles. The molecule has 148 valence electrons. The van der Waals surface area contributed by atoms with Gasteiger partial charge in [0.15, 0.2) is 0 Å². The van der Waals surface area contributed by atoms with Gasteiger partial charge in [0, 0.05) is 31.6 Å². The number of rotatable bonds is 4. The van der Waals surface area contributed by atoms with E-state index < -0.39 is 17.5 Å². The molecular weight excluding hydrogens is 346 g/mol. The SMILES string of the molecule is CON1C2CN1CC21CN(C(=O)OC(C)(C)C)C1.O=C(O)CCC(=O)O. The van der Waals surface area contributed by atoms with Gasteiger partial charge in [0.2, 0.25) is 0 Å². The average molecular weight is 373 g/mol. The lowest BCUT2D eigenvalue weighted by atomic mass is 9.76. The topological polar surface area (TPSA) is 120 Å². The summed E-state index contributed by atoms with van der Waals surface area (Å²) >= 11 is 0. The van der Waals surface area contributed by atoms with E-state index >= 15 is 0 Å². The number of carbonyl (C=O) groups excluding carboxylic acids is 1. The molecule has 4 heterocycles. The second kappa shape index (κ2) is 7.37. The van der Waals surface area contributed by atoms with Crippen LogP contribution in [0.2, 0.25) is 0 Å². The van der Waals surface area contributed by atoms with Crippen molar-refractivity contribution >= 4 is 18.0 Å². The summed E-state index contributed by atoms with van der Waals surface area (Å²) in [5.41, 5.74) is -0.216. The Labute approximate surface area is 152 Å².